The Morgan fingerprint density at radius 2 is 1.69 bits per heavy atom. The minimum absolute atomic E-state index is 0.155. The summed E-state index contributed by atoms with van der Waals surface area (Å²) < 4.78 is 26.8. The van der Waals surface area contributed by atoms with Crippen molar-refractivity contribution in [1.29, 1.82) is 0 Å². The summed E-state index contributed by atoms with van der Waals surface area (Å²) in [6.45, 7) is 3.06. The average molecular weight is 498 g/mol. The van der Waals surface area contributed by atoms with Gasteiger partial charge < -0.3 is 5.32 Å². The molecule has 0 aromatic heterocycles. The summed E-state index contributed by atoms with van der Waals surface area (Å²) in [5.41, 5.74) is 1.61. The van der Waals surface area contributed by atoms with E-state index < -0.39 is 15.4 Å². The van der Waals surface area contributed by atoms with Gasteiger partial charge in [0.05, 0.1) is 10.3 Å². The molecule has 1 unspecified atom stereocenters. The van der Waals surface area contributed by atoms with Crippen molar-refractivity contribution in [3.63, 3.8) is 0 Å². The topological polar surface area (TPSA) is 113 Å². The number of benzene rings is 2. The first-order valence-corrected chi connectivity index (χ1v) is 13.5. The summed E-state index contributed by atoms with van der Waals surface area (Å²) in [5, 5.41) is 5.31. The lowest BCUT2D eigenvalue weighted by molar-refractivity contribution is -0.138. The average Bonchev–Trinajstić information content (AvgIpc) is 3.40. The van der Waals surface area contributed by atoms with Crippen molar-refractivity contribution in [3.8, 4) is 0 Å². The van der Waals surface area contributed by atoms with Crippen LogP contribution in [0.3, 0.4) is 0 Å². The van der Waals surface area contributed by atoms with Gasteiger partial charge in [-0.15, -0.1) is 0 Å². The van der Waals surface area contributed by atoms with Gasteiger partial charge in [0.1, 0.15) is 0 Å². The van der Waals surface area contributed by atoms with Crippen LogP contribution in [0.15, 0.2) is 53.4 Å². The van der Waals surface area contributed by atoms with Gasteiger partial charge in [-0.05, 0) is 67.5 Å². The molecular weight excluding hydrogens is 466 g/mol. The van der Waals surface area contributed by atoms with Crippen molar-refractivity contribution in [2.75, 3.05) is 18.4 Å². The van der Waals surface area contributed by atoms with E-state index in [1.807, 2.05) is 19.1 Å². The van der Waals surface area contributed by atoms with Gasteiger partial charge in [0, 0.05) is 31.6 Å². The minimum atomic E-state index is -3.44. The molecule has 2 saturated heterocycles. The smallest absolute Gasteiger partial charge is 0.243 e. The van der Waals surface area contributed by atoms with Gasteiger partial charge in [-0.1, -0.05) is 31.2 Å². The largest absolute Gasteiger partial charge is 0.326 e. The number of rotatable bonds is 8. The Labute approximate surface area is 206 Å². The highest BCUT2D eigenvalue weighted by Crippen LogP contribution is 2.36. The molecule has 186 valence electrons. The molecule has 9 heteroatoms. The summed E-state index contributed by atoms with van der Waals surface area (Å²) >= 11 is 0. The fourth-order valence-corrected chi connectivity index (χ4v) is 6.34. The number of piperidine rings is 1. The lowest BCUT2D eigenvalue weighted by atomic mass is 9.72. The molecule has 2 heterocycles. The predicted octanol–water partition coefficient (Wildman–Crippen LogP) is 3.13. The normalized spacial score (nSPS) is 21.1. The molecule has 0 aliphatic carbocycles. The van der Waals surface area contributed by atoms with Gasteiger partial charge in [0.2, 0.25) is 27.7 Å². The van der Waals surface area contributed by atoms with Crippen molar-refractivity contribution in [1.82, 2.24) is 9.62 Å². The lowest BCUT2D eigenvalue weighted by Crippen LogP contribution is -2.51. The van der Waals surface area contributed by atoms with Crippen LogP contribution in [0.25, 0.3) is 0 Å². The number of hydrogen-bond donors (Lipinski definition) is 2. The number of nitrogens with zero attached hydrogens (tertiary/aromatic N) is 1. The molecule has 2 fully saturated rings. The van der Waals surface area contributed by atoms with Crippen molar-refractivity contribution >= 4 is 33.4 Å². The summed E-state index contributed by atoms with van der Waals surface area (Å²) in [4.78, 5) is 36.9. The molecule has 2 N–H and O–H groups in total. The summed E-state index contributed by atoms with van der Waals surface area (Å²) in [7, 11) is -3.44. The zero-order valence-electron chi connectivity index (χ0n) is 19.9. The van der Waals surface area contributed by atoms with E-state index in [1.54, 1.807) is 36.4 Å². The standard InChI is InChI=1S/C26H31N3O5S/c1-2-26(16-15-24(31)28-25(26)32)20-8-10-21(11-9-20)27-23(30)14-7-19-5-12-22(13-6-19)35(33,34)29-17-3-4-18-29/h5-6,8-13H,2-4,7,14-18H2,1H3,(H,27,30)(H,28,31,32). The molecule has 2 aliphatic heterocycles. The Hall–Kier alpha value is -3.04. The Morgan fingerprint density at radius 1 is 1.03 bits per heavy atom. The number of aryl methyl sites for hydroxylation is 1. The first-order valence-electron chi connectivity index (χ1n) is 12.1. The van der Waals surface area contributed by atoms with Crippen LogP contribution in [0, 0.1) is 0 Å². The zero-order valence-corrected chi connectivity index (χ0v) is 20.7. The van der Waals surface area contributed by atoms with Crippen molar-refractivity contribution in [2.45, 2.75) is 62.2 Å². The molecule has 2 aliphatic rings. The maximum Gasteiger partial charge on any atom is 0.243 e. The molecule has 1 atom stereocenters. The predicted molar refractivity (Wildman–Crippen MR) is 132 cm³/mol. The molecule has 0 radical (unpaired) electrons. The number of anilines is 1. The summed E-state index contributed by atoms with van der Waals surface area (Å²) in [5.74, 6) is -0.671. The molecule has 2 aromatic carbocycles. The van der Waals surface area contributed by atoms with Gasteiger partial charge >= 0.3 is 0 Å². The molecular formula is C26H31N3O5S. The third-order valence-electron chi connectivity index (χ3n) is 7.06. The number of hydrogen-bond acceptors (Lipinski definition) is 5. The Balaban J connectivity index is 1.33. The maximum atomic E-state index is 12.6. The van der Waals surface area contributed by atoms with Crippen molar-refractivity contribution in [3.05, 3.63) is 59.7 Å². The van der Waals surface area contributed by atoms with Crippen LogP contribution in [0.4, 0.5) is 5.69 Å². The maximum absolute atomic E-state index is 12.6. The van der Waals surface area contributed by atoms with Crippen LogP contribution < -0.4 is 10.6 Å². The number of imide groups is 1. The molecule has 3 amide bonds. The van der Waals surface area contributed by atoms with Crippen LogP contribution in [0.2, 0.25) is 0 Å². The SMILES string of the molecule is CCC1(c2ccc(NC(=O)CCc3ccc(S(=O)(=O)N4CCCC4)cc3)cc2)CCC(=O)NC1=O. The highest BCUT2D eigenvalue weighted by molar-refractivity contribution is 7.89. The first-order chi connectivity index (χ1) is 16.7. The molecule has 0 spiro atoms. The number of carbonyl (C=O) groups is 3. The summed E-state index contributed by atoms with van der Waals surface area (Å²) in [6, 6.07) is 13.9. The van der Waals surface area contributed by atoms with Crippen LogP contribution >= 0.6 is 0 Å². The Morgan fingerprint density at radius 3 is 2.29 bits per heavy atom. The van der Waals surface area contributed by atoms with Gasteiger partial charge in [0.15, 0.2) is 0 Å². The Kier molecular flexibility index (Phi) is 7.37. The molecule has 8 nitrogen and oxygen atoms in total. The van der Waals surface area contributed by atoms with Crippen molar-refractivity contribution < 1.29 is 22.8 Å². The molecule has 4 rings (SSSR count). The summed E-state index contributed by atoms with van der Waals surface area (Å²) in [6.07, 6.45) is 3.89. The molecule has 35 heavy (non-hydrogen) atoms. The molecule has 0 saturated carbocycles. The number of sulfonamides is 1. The third-order valence-corrected chi connectivity index (χ3v) is 8.97. The van der Waals surface area contributed by atoms with Gasteiger partial charge in [-0.25, -0.2) is 8.42 Å². The third kappa shape index (κ3) is 5.31. The van der Waals surface area contributed by atoms with Crippen LogP contribution in [0.5, 0.6) is 0 Å². The molecule has 2 aromatic rings. The van der Waals surface area contributed by atoms with E-state index in [-0.39, 0.29) is 29.0 Å². The van der Waals surface area contributed by atoms with E-state index in [0.717, 1.165) is 24.0 Å². The fourth-order valence-electron chi connectivity index (χ4n) is 4.83. The van der Waals surface area contributed by atoms with Crippen molar-refractivity contribution in [2.24, 2.45) is 0 Å². The molecule has 0 bridgehead atoms. The lowest BCUT2D eigenvalue weighted by Gasteiger charge is -2.35. The van der Waals surface area contributed by atoms with E-state index >= 15 is 0 Å². The fraction of sp³-hybridized carbons (Fsp3) is 0.423. The Bertz CT molecular complexity index is 1200. The van der Waals surface area contributed by atoms with E-state index in [9.17, 15) is 22.8 Å². The number of nitrogens with one attached hydrogen (secondary N) is 2. The highest BCUT2D eigenvalue weighted by Gasteiger charge is 2.42. The second-order valence-electron chi connectivity index (χ2n) is 9.19. The monoisotopic (exact) mass is 497 g/mol. The zero-order chi connectivity index (χ0) is 25.1. The second-order valence-corrected chi connectivity index (χ2v) is 11.1. The quantitative estimate of drug-likeness (QED) is 0.544. The van der Waals surface area contributed by atoms with Crippen LogP contribution in [0.1, 0.15) is 56.6 Å². The number of amides is 3. The van der Waals surface area contributed by atoms with Gasteiger partial charge in [-0.2, -0.15) is 4.31 Å². The number of carbonyl (C=O) groups excluding carboxylic acids is 3. The first kappa shape index (κ1) is 25.1. The highest BCUT2D eigenvalue weighted by atomic mass is 32.2. The second kappa shape index (κ2) is 10.3. The van der Waals surface area contributed by atoms with E-state index in [2.05, 4.69) is 10.6 Å². The van der Waals surface area contributed by atoms with Crippen LogP contribution in [-0.4, -0.2) is 43.5 Å². The van der Waals surface area contributed by atoms with Crippen LogP contribution in [-0.2, 0) is 36.2 Å². The van der Waals surface area contributed by atoms with E-state index in [0.29, 0.717) is 44.5 Å². The van der Waals surface area contributed by atoms with E-state index in [1.165, 1.54) is 4.31 Å². The van der Waals surface area contributed by atoms with Gasteiger partial charge in [0.25, 0.3) is 0 Å². The van der Waals surface area contributed by atoms with E-state index in [4.69, 9.17) is 0 Å². The van der Waals surface area contributed by atoms with Gasteiger partial charge in [-0.3, -0.25) is 19.7 Å². The minimum Gasteiger partial charge on any atom is -0.326 e.